The maximum Gasteiger partial charge on any atom is 0.133 e. The van der Waals surface area contributed by atoms with E-state index in [9.17, 15) is 4.79 Å². The average molecular weight is 239 g/mol. The molecular weight excluding hydrogens is 214 g/mol. The summed E-state index contributed by atoms with van der Waals surface area (Å²) in [6, 6.07) is 0. The lowest BCUT2D eigenvalue weighted by Crippen LogP contribution is -2.49. The first kappa shape index (κ1) is 13.0. The molecule has 0 unspecified atom stereocenters. The van der Waals surface area contributed by atoms with Crippen LogP contribution in [0.5, 0.6) is 0 Å². The maximum atomic E-state index is 11.5. The van der Waals surface area contributed by atoms with Crippen LogP contribution in [0.4, 0.5) is 0 Å². The number of hydrogen-bond donors (Lipinski definition) is 0. The fraction of sp³-hybridized carbons (Fsp3) is 0.929. The molecule has 0 spiro atoms. The third-order valence-corrected chi connectivity index (χ3v) is 4.86. The Balaban J connectivity index is 1.75. The van der Waals surface area contributed by atoms with Crippen molar-refractivity contribution >= 4 is 5.78 Å². The predicted molar refractivity (Wildman–Crippen MR) is 67.9 cm³/mol. The lowest BCUT2D eigenvalue weighted by Gasteiger charge is -2.52. The minimum Gasteiger partial charge on any atom is -0.379 e. The third kappa shape index (κ3) is 2.71. The van der Waals surface area contributed by atoms with Crippen molar-refractivity contribution in [1.82, 2.24) is 4.90 Å². The largest absolute Gasteiger partial charge is 0.379 e. The molecule has 3 nitrogen and oxygen atoms in total. The first-order valence-corrected chi connectivity index (χ1v) is 6.82. The Morgan fingerprint density at radius 2 is 2.00 bits per heavy atom. The van der Waals surface area contributed by atoms with Gasteiger partial charge in [0.15, 0.2) is 0 Å². The molecule has 2 rings (SSSR count). The quantitative estimate of drug-likeness (QED) is 0.751. The van der Waals surface area contributed by atoms with Gasteiger partial charge in [0.25, 0.3) is 0 Å². The summed E-state index contributed by atoms with van der Waals surface area (Å²) in [5.74, 6) is 1.40. The van der Waals surface area contributed by atoms with Crippen molar-refractivity contribution in [2.75, 3.05) is 32.8 Å². The van der Waals surface area contributed by atoms with Gasteiger partial charge in [-0.15, -0.1) is 0 Å². The number of ketones is 1. The average Bonchev–Trinajstić information content (AvgIpc) is 2.28. The van der Waals surface area contributed by atoms with Crippen molar-refractivity contribution in [3.05, 3.63) is 0 Å². The van der Waals surface area contributed by atoms with E-state index in [4.69, 9.17) is 4.74 Å². The molecule has 2 atom stereocenters. The number of morpholine rings is 1. The molecule has 98 valence electrons. The van der Waals surface area contributed by atoms with E-state index in [-0.39, 0.29) is 5.41 Å². The second-order valence-electron chi connectivity index (χ2n) is 6.16. The van der Waals surface area contributed by atoms with Crippen LogP contribution < -0.4 is 0 Å². The fourth-order valence-electron chi connectivity index (χ4n) is 3.36. The first-order chi connectivity index (χ1) is 8.01. The molecule has 1 aliphatic heterocycles. The fourth-order valence-corrected chi connectivity index (χ4v) is 3.36. The Morgan fingerprint density at radius 3 is 2.53 bits per heavy atom. The van der Waals surface area contributed by atoms with Crippen molar-refractivity contribution in [2.24, 2.45) is 17.3 Å². The SMILES string of the molecule is CC(=O)[C@@H]1C[C@H](CCN2CCOCC2)C1(C)C. The standard InChI is InChI=1S/C14H25NO2/c1-11(16)13-10-12(14(13,2)3)4-5-15-6-8-17-9-7-15/h12-13H,4-10H2,1-3H3/t12-,13-/m0/s1. The van der Waals surface area contributed by atoms with E-state index in [1.54, 1.807) is 6.92 Å². The van der Waals surface area contributed by atoms with E-state index in [1.165, 1.54) is 13.0 Å². The van der Waals surface area contributed by atoms with Crippen molar-refractivity contribution in [1.29, 1.82) is 0 Å². The normalized spacial score (nSPS) is 33.1. The molecule has 0 radical (unpaired) electrons. The number of carbonyl (C=O) groups is 1. The monoisotopic (exact) mass is 239 g/mol. The summed E-state index contributed by atoms with van der Waals surface area (Å²) in [7, 11) is 0. The Hall–Kier alpha value is -0.410. The first-order valence-electron chi connectivity index (χ1n) is 6.82. The van der Waals surface area contributed by atoms with Crippen LogP contribution in [-0.4, -0.2) is 43.5 Å². The van der Waals surface area contributed by atoms with Crippen molar-refractivity contribution in [3.8, 4) is 0 Å². The van der Waals surface area contributed by atoms with Gasteiger partial charge in [0.2, 0.25) is 0 Å². The lowest BCUT2D eigenvalue weighted by molar-refractivity contribution is -0.136. The van der Waals surface area contributed by atoms with Gasteiger partial charge in [-0.3, -0.25) is 9.69 Å². The summed E-state index contributed by atoms with van der Waals surface area (Å²) < 4.78 is 5.35. The molecule has 2 aliphatic rings. The van der Waals surface area contributed by atoms with E-state index >= 15 is 0 Å². The molecule has 0 aromatic carbocycles. The van der Waals surface area contributed by atoms with E-state index < -0.39 is 0 Å². The summed E-state index contributed by atoms with van der Waals surface area (Å²) in [6.07, 6.45) is 2.34. The minimum atomic E-state index is 0.220. The van der Waals surface area contributed by atoms with Crippen LogP contribution in [0, 0.1) is 17.3 Å². The molecule has 0 aromatic rings. The zero-order valence-corrected chi connectivity index (χ0v) is 11.4. The predicted octanol–water partition coefficient (Wildman–Crippen LogP) is 1.96. The highest BCUT2D eigenvalue weighted by Crippen LogP contribution is 2.53. The summed E-state index contributed by atoms with van der Waals surface area (Å²) in [6.45, 7) is 11.3. The van der Waals surface area contributed by atoms with E-state index in [2.05, 4.69) is 18.7 Å². The van der Waals surface area contributed by atoms with Crippen LogP contribution in [0.2, 0.25) is 0 Å². The van der Waals surface area contributed by atoms with Crippen LogP contribution in [0.3, 0.4) is 0 Å². The Kier molecular flexibility index (Phi) is 3.88. The molecule has 0 bridgehead atoms. The number of nitrogens with zero attached hydrogens (tertiary/aromatic N) is 1. The zero-order valence-electron chi connectivity index (χ0n) is 11.4. The topological polar surface area (TPSA) is 29.5 Å². The van der Waals surface area contributed by atoms with Gasteiger partial charge in [0.05, 0.1) is 13.2 Å². The van der Waals surface area contributed by atoms with E-state index in [1.807, 2.05) is 0 Å². The van der Waals surface area contributed by atoms with Crippen LogP contribution >= 0.6 is 0 Å². The smallest absolute Gasteiger partial charge is 0.133 e. The number of carbonyl (C=O) groups excluding carboxylic acids is 1. The number of ether oxygens (including phenoxy) is 1. The molecule has 0 aromatic heterocycles. The summed E-state index contributed by atoms with van der Waals surface area (Å²) in [5.41, 5.74) is 0.220. The molecule has 17 heavy (non-hydrogen) atoms. The highest BCUT2D eigenvalue weighted by molar-refractivity contribution is 5.80. The molecule has 2 fully saturated rings. The highest BCUT2D eigenvalue weighted by Gasteiger charge is 2.49. The van der Waals surface area contributed by atoms with E-state index in [0.29, 0.717) is 11.7 Å². The minimum absolute atomic E-state index is 0.220. The molecule has 3 heteroatoms. The van der Waals surface area contributed by atoms with Crippen molar-refractivity contribution in [2.45, 2.75) is 33.6 Å². The van der Waals surface area contributed by atoms with Crippen molar-refractivity contribution in [3.63, 3.8) is 0 Å². The molecule has 1 saturated carbocycles. The lowest BCUT2D eigenvalue weighted by atomic mass is 9.53. The van der Waals surface area contributed by atoms with Gasteiger partial charge < -0.3 is 4.74 Å². The molecule has 1 aliphatic carbocycles. The van der Waals surface area contributed by atoms with Crippen molar-refractivity contribution < 1.29 is 9.53 Å². The number of rotatable bonds is 4. The second-order valence-corrected chi connectivity index (χ2v) is 6.16. The van der Waals surface area contributed by atoms with Gasteiger partial charge >= 0.3 is 0 Å². The molecular formula is C14H25NO2. The van der Waals surface area contributed by atoms with Gasteiger partial charge in [-0.1, -0.05) is 13.8 Å². The van der Waals surface area contributed by atoms with Crippen LogP contribution in [0.25, 0.3) is 0 Å². The zero-order chi connectivity index (χ0) is 12.5. The molecule has 1 heterocycles. The number of hydrogen-bond acceptors (Lipinski definition) is 3. The highest BCUT2D eigenvalue weighted by atomic mass is 16.5. The van der Waals surface area contributed by atoms with Gasteiger partial charge in [-0.05, 0) is 37.6 Å². The van der Waals surface area contributed by atoms with Gasteiger partial charge in [-0.2, -0.15) is 0 Å². The Morgan fingerprint density at radius 1 is 1.35 bits per heavy atom. The van der Waals surface area contributed by atoms with Gasteiger partial charge in [0, 0.05) is 19.0 Å². The summed E-state index contributed by atoms with van der Waals surface area (Å²) in [4.78, 5) is 14.0. The van der Waals surface area contributed by atoms with E-state index in [0.717, 1.165) is 38.6 Å². The molecule has 1 saturated heterocycles. The summed E-state index contributed by atoms with van der Waals surface area (Å²) >= 11 is 0. The summed E-state index contributed by atoms with van der Waals surface area (Å²) in [5, 5.41) is 0. The number of Topliss-reactive ketones (excluding diaryl/α,β-unsaturated/α-hetero) is 1. The molecule has 0 N–H and O–H groups in total. The third-order valence-electron chi connectivity index (χ3n) is 4.86. The van der Waals surface area contributed by atoms with Crippen LogP contribution in [0.1, 0.15) is 33.6 Å². The van der Waals surface area contributed by atoms with Gasteiger partial charge in [-0.25, -0.2) is 0 Å². The van der Waals surface area contributed by atoms with Crippen LogP contribution in [0.15, 0.2) is 0 Å². The Labute approximate surface area is 105 Å². The Bertz CT molecular complexity index is 282. The maximum absolute atomic E-state index is 11.5. The molecule has 0 amide bonds. The second kappa shape index (κ2) is 5.07. The van der Waals surface area contributed by atoms with Gasteiger partial charge in [0.1, 0.15) is 5.78 Å². The van der Waals surface area contributed by atoms with Crippen LogP contribution in [-0.2, 0) is 9.53 Å².